The second-order valence-corrected chi connectivity index (χ2v) is 5.63. The molecule has 1 N–H and O–H groups in total. The number of hydrogen-bond acceptors (Lipinski definition) is 2. The molecule has 3 nitrogen and oxygen atoms in total. The summed E-state index contributed by atoms with van der Waals surface area (Å²) in [5, 5.41) is 3.17. The Hall–Kier alpha value is -1.56. The predicted molar refractivity (Wildman–Crippen MR) is 73.4 cm³/mol. The molecule has 1 aliphatic heterocycles. The summed E-state index contributed by atoms with van der Waals surface area (Å²) in [4.78, 5) is 13.9. The first kappa shape index (κ1) is 15.8. The Balaban J connectivity index is 1.99. The van der Waals surface area contributed by atoms with Crippen LogP contribution in [0.25, 0.3) is 0 Å². The van der Waals surface area contributed by atoms with E-state index in [0.29, 0.717) is 18.7 Å². The molecule has 1 saturated heterocycles. The molecule has 0 saturated carbocycles. The average Bonchev–Trinajstić information content (AvgIpc) is 2.83. The molecule has 0 bridgehead atoms. The van der Waals surface area contributed by atoms with Crippen molar-refractivity contribution in [3.8, 4) is 0 Å². The molecule has 6 heteroatoms. The molecular formula is C15H19F3N2O. The number of alkyl halides is 3. The summed E-state index contributed by atoms with van der Waals surface area (Å²) in [6, 6.07) is 4.94. The Morgan fingerprint density at radius 1 is 1.29 bits per heavy atom. The van der Waals surface area contributed by atoms with E-state index in [1.165, 1.54) is 12.1 Å². The molecule has 0 spiro atoms. The Kier molecular flexibility index (Phi) is 4.56. The van der Waals surface area contributed by atoms with E-state index in [9.17, 15) is 18.0 Å². The number of rotatable bonds is 3. The summed E-state index contributed by atoms with van der Waals surface area (Å²) in [5.74, 6) is 0.268. The van der Waals surface area contributed by atoms with Gasteiger partial charge in [0.05, 0.1) is 11.5 Å². The fourth-order valence-corrected chi connectivity index (χ4v) is 2.57. The van der Waals surface area contributed by atoms with Crippen molar-refractivity contribution in [1.29, 1.82) is 0 Å². The van der Waals surface area contributed by atoms with Gasteiger partial charge in [-0.05, 0) is 30.2 Å². The minimum atomic E-state index is -4.33. The Labute approximate surface area is 122 Å². The Morgan fingerprint density at radius 3 is 2.38 bits per heavy atom. The normalized spacial score (nSPS) is 22.3. The molecule has 0 aromatic heterocycles. The van der Waals surface area contributed by atoms with Gasteiger partial charge in [-0.2, -0.15) is 13.2 Å². The van der Waals surface area contributed by atoms with Crippen LogP contribution in [0.5, 0.6) is 0 Å². The zero-order valence-corrected chi connectivity index (χ0v) is 12.1. The van der Waals surface area contributed by atoms with Crippen LogP contribution >= 0.6 is 0 Å². The van der Waals surface area contributed by atoms with Gasteiger partial charge in [-0.3, -0.25) is 4.79 Å². The maximum absolute atomic E-state index is 12.5. The van der Waals surface area contributed by atoms with E-state index in [4.69, 9.17) is 0 Å². The van der Waals surface area contributed by atoms with Crippen LogP contribution in [-0.2, 0) is 17.5 Å². The third-order valence-electron chi connectivity index (χ3n) is 3.91. The summed E-state index contributed by atoms with van der Waals surface area (Å²) in [5.41, 5.74) is 0.0197. The molecule has 1 aliphatic rings. The number of nitrogens with one attached hydrogen (secondary N) is 1. The molecule has 0 radical (unpaired) electrons. The fourth-order valence-electron chi connectivity index (χ4n) is 2.57. The van der Waals surface area contributed by atoms with Crippen molar-refractivity contribution < 1.29 is 18.0 Å². The van der Waals surface area contributed by atoms with Gasteiger partial charge >= 0.3 is 6.18 Å². The number of amides is 1. The summed E-state index contributed by atoms with van der Waals surface area (Å²) in [7, 11) is 1.69. The second-order valence-electron chi connectivity index (χ2n) is 5.63. The zero-order valence-electron chi connectivity index (χ0n) is 12.1. The van der Waals surface area contributed by atoms with Gasteiger partial charge in [0.2, 0.25) is 5.91 Å². The van der Waals surface area contributed by atoms with Crippen LogP contribution in [-0.4, -0.2) is 30.9 Å². The lowest BCUT2D eigenvalue weighted by Gasteiger charge is -2.23. The molecule has 1 fully saturated rings. The van der Waals surface area contributed by atoms with Crippen molar-refractivity contribution >= 4 is 5.91 Å². The van der Waals surface area contributed by atoms with E-state index < -0.39 is 11.7 Å². The maximum atomic E-state index is 12.5. The van der Waals surface area contributed by atoms with E-state index in [0.717, 1.165) is 18.7 Å². The quantitative estimate of drug-likeness (QED) is 0.930. The molecule has 2 rings (SSSR count). The van der Waals surface area contributed by atoms with Crippen molar-refractivity contribution in [3.05, 3.63) is 35.4 Å². The van der Waals surface area contributed by atoms with Crippen LogP contribution in [0, 0.1) is 11.8 Å². The van der Waals surface area contributed by atoms with Gasteiger partial charge < -0.3 is 10.2 Å². The van der Waals surface area contributed by atoms with Crippen molar-refractivity contribution in [2.75, 3.05) is 20.1 Å². The highest BCUT2D eigenvalue weighted by atomic mass is 19.4. The first-order valence-corrected chi connectivity index (χ1v) is 6.91. The van der Waals surface area contributed by atoms with Crippen LogP contribution in [0.2, 0.25) is 0 Å². The van der Waals surface area contributed by atoms with Gasteiger partial charge in [-0.25, -0.2) is 0 Å². The molecule has 1 amide bonds. The minimum Gasteiger partial charge on any atom is -0.341 e. The van der Waals surface area contributed by atoms with E-state index >= 15 is 0 Å². The molecule has 0 unspecified atom stereocenters. The number of hydrogen-bond donors (Lipinski definition) is 1. The number of carbonyl (C=O) groups is 1. The minimum absolute atomic E-state index is 0.0346. The molecule has 1 heterocycles. The van der Waals surface area contributed by atoms with E-state index in [2.05, 4.69) is 5.32 Å². The Bertz CT molecular complexity index is 499. The number of halogens is 3. The third-order valence-corrected chi connectivity index (χ3v) is 3.91. The van der Waals surface area contributed by atoms with Crippen LogP contribution in [0.4, 0.5) is 13.2 Å². The van der Waals surface area contributed by atoms with E-state index in [-0.39, 0.29) is 17.7 Å². The van der Waals surface area contributed by atoms with Gasteiger partial charge in [0, 0.05) is 20.1 Å². The molecule has 1 aromatic carbocycles. The molecule has 116 valence electrons. The number of benzene rings is 1. The van der Waals surface area contributed by atoms with Crippen molar-refractivity contribution in [2.24, 2.45) is 11.8 Å². The first-order chi connectivity index (χ1) is 9.79. The van der Waals surface area contributed by atoms with Gasteiger partial charge in [0.1, 0.15) is 0 Å². The van der Waals surface area contributed by atoms with E-state index in [1.54, 1.807) is 11.9 Å². The number of nitrogens with zero attached hydrogens (tertiary/aromatic N) is 1. The number of carbonyl (C=O) groups excluding carboxylic acids is 1. The lowest BCUT2D eigenvalue weighted by atomic mass is 9.96. The highest BCUT2D eigenvalue weighted by molar-refractivity contribution is 5.79. The topological polar surface area (TPSA) is 32.3 Å². The lowest BCUT2D eigenvalue weighted by Crippen LogP contribution is -2.35. The Morgan fingerprint density at radius 2 is 1.90 bits per heavy atom. The standard InChI is InChI=1S/C15H19F3N2O/c1-10-7-19-8-13(10)14(21)20(2)9-11-3-5-12(6-4-11)15(16,17)18/h3-6,10,13,19H,7-9H2,1-2H3/t10-,13-/m1/s1. The smallest absolute Gasteiger partial charge is 0.341 e. The van der Waals surface area contributed by atoms with Crippen LogP contribution < -0.4 is 5.32 Å². The van der Waals surface area contributed by atoms with Gasteiger partial charge in [0.15, 0.2) is 0 Å². The SMILES string of the molecule is C[C@@H]1CNC[C@H]1C(=O)N(C)Cc1ccc(C(F)(F)F)cc1. The van der Waals surface area contributed by atoms with Crippen molar-refractivity contribution in [1.82, 2.24) is 10.2 Å². The van der Waals surface area contributed by atoms with Crippen LogP contribution in [0.3, 0.4) is 0 Å². The maximum Gasteiger partial charge on any atom is 0.416 e. The monoisotopic (exact) mass is 300 g/mol. The van der Waals surface area contributed by atoms with E-state index in [1.807, 2.05) is 6.92 Å². The molecule has 0 aliphatic carbocycles. The molecule has 2 atom stereocenters. The molecular weight excluding hydrogens is 281 g/mol. The fraction of sp³-hybridized carbons (Fsp3) is 0.533. The van der Waals surface area contributed by atoms with Crippen molar-refractivity contribution in [3.63, 3.8) is 0 Å². The predicted octanol–water partition coefficient (Wildman–Crippen LogP) is 2.52. The van der Waals surface area contributed by atoms with Crippen LogP contribution in [0.15, 0.2) is 24.3 Å². The summed E-state index contributed by atoms with van der Waals surface area (Å²) >= 11 is 0. The third kappa shape index (κ3) is 3.75. The van der Waals surface area contributed by atoms with Gasteiger partial charge in [-0.15, -0.1) is 0 Å². The zero-order chi connectivity index (χ0) is 15.6. The summed E-state index contributed by atoms with van der Waals surface area (Å²) in [6.07, 6.45) is -4.33. The second kappa shape index (κ2) is 6.05. The first-order valence-electron chi connectivity index (χ1n) is 6.91. The highest BCUT2D eigenvalue weighted by Gasteiger charge is 2.32. The van der Waals surface area contributed by atoms with Gasteiger partial charge in [0.25, 0.3) is 0 Å². The summed E-state index contributed by atoms with van der Waals surface area (Å²) in [6.45, 7) is 3.83. The van der Waals surface area contributed by atoms with Crippen molar-refractivity contribution in [2.45, 2.75) is 19.6 Å². The largest absolute Gasteiger partial charge is 0.416 e. The van der Waals surface area contributed by atoms with Gasteiger partial charge in [-0.1, -0.05) is 19.1 Å². The molecule has 1 aromatic rings. The molecule has 21 heavy (non-hydrogen) atoms. The lowest BCUT2D eigenvalue weighted by molar-refractivity contribution is -0.138. The highest BCUT2D eigenvalue weighted by Crippen LogP contribution is 2.29. The average molecular weight is 300 g/mol. The van der Waals surface area contributed by atoms with Crippen LogP contribution in [0.1, 0.15) is 18.1 Å². The summed E-state index contributed by atoms with van der Waals surface area (Å²) < 4.78 is 37.5.